The highest BCUT2D eigenvalue weighted by atomic mass is 35.5. The smallest absolute Gasteiger partial charge is 0.274 e. The molecule has 0 fully saturated rings. The van der Waals surface area contributed by atoms with E-state index in [4.69, 9.17) is 11.6 Å². The highest BCUT2D eigenvalue weighted by molar-refractivity contribution is 6.30. The second kappa shape index (κ2) is 9.38. The molecule has 0 spiro atoms. The number of benzene rings is 2. The molecule has 0 bridgehead atoms. The zero-order chi connectivity index (χ0) is 21.0. The van der Waals surface area contributed by atoms with Crippen LogP contribution in [0.3, 0.4) is 0 Å². The molecule has 0 saturated heterocycles. The Labute approximate surface area is 177 Å². The van der Waals surface area contributed by atoms with E-state index in [0.717, 1.165) is 23.4 Å². The third kappa shape index (κ3) is 5.14. The standard InChI is InChI=1S/C24H28ClN3O/c1-17(2)27(18(3)4)13-14-28-24(29)22(19-9-6-5-7-10-19)16-23(26-28)20-11-8-12-21(25)15-20/h5-12,15-18H,13-14H2,1-4H3. The van der Waals surface area contributed by atoms with Crippen molar-refractivity contribution < 1.29 is 0 Å². The van der Waals surface area contributed by atoms with Gasteiger partial charge in [0.1, 0.15) is 0 Å². The maximum atomic E-state index is 13.2. The van der Waals surface area contributed by atoms with Crippen LogP contribution in [0.5, 0.6) is 0 Å². The molecule has 0 aliphatic heterocycles. The predicted molar refractivity (Wildman–Crippen MR) is 121 cm³/mol. The molecular formula is C24H28ClN3O. The van der Waals surface area contributed by atoms with Crippen LogP contribution in [0.15, 0.2) is 65.5 Å². The van der Waals surface area contributed by atoms with Gasteiger partial charge in [0.05, 0.1) is 17.8 Å². The van der Waals surface area contributed by atoms with Gasteiger partial charge in [0.2, 0.25) is 0 Å². The largest absolute Gasteiger partial charge is 0.297 e. The summed E-state index contributed by atoms with van der Waals surface area (Å²) in [6, 6.07) is 20.0. The van der Waals surface area contributed by atoms with Gasteiger partial charge in [0.15, 0.2) is 0 Å². The molecule has 3 aromatic rings. The van der Waals surface area contributed by atoms with Gasteiger partial charge >= 0.3 is 0 Å². The molecule has 0 saturated carbocycles. The van der Waals surface area contributed by atoms with E-state index >= 15 is 0 Å². The van der Waals surface area contributed by atoms with E-state index < -0.39 is 0 Å². The average molecular weight is 410 g/mol. The van der Waals surface area contributed by atoms with Crippen LogP contribution in [-0.2, 0) is 6.54 Å². The van der Waals surface area contributed by atoms with Crippen molar-refractivity contribution in [2.75, 3.05) is 6.54 Å². The molecular weight excluding hydrogens is 382 g/mol. The van der Waals surface area contributed by atoms with E-state index in [-0.39, 0.29) is 5.56 Å². The lowest BCUT2D eigenvalue weighted by Gasteiger charge is -2.30. The van der Waals surface area contributed by atoms with Crippen molar-refractivity contribution in [3.63, 3.8) is 0 Å². The average Bonchev–Trinajstić information content (AvgIpc) is 2.69. The predicted octanol–water partition coefficient (Wildman–Crippen LogP) is 5.35. The van der Waals surface area contributed by atoms with Crippen LogP contribution >= 0.6 is 11.6 Å². The minimum Gasteiger partial charge on any atom is -0.297 e. The van der Waals surface area contributed by atoms with Crippen LogP contribution in [0, 0.1) is 0 Å². The van der Waals surface area contributed by atoms with Gasteiger partial charge < -0.3 is 0 Å². The molecule has 2 aromatic carbocycles. The van der Waals surface area contributed by atoms with Gasteiger partial charge in [0, 0.05) is 29.2 Å². The number of nitrogens with zero attached hydrogens (tertiary/aromatic N) is 3. The Kier molecular flexibility index (Phi) is 6.88. The second-order valence-corrected chi connectivity index (χ2v) is 8.21. The zero-order valence-electron chi connectivity index (χ0n) is 17.5. The number of hydrogen-bond acceptors (Lipinski definition) is 3. The third-order valence-corrected chi connectivity index (χ3v) is 5.31. The van der Waals surface area contributed by atoms with Gasteiger partial charge in [-0.3, -0.25) is 9.69 Å². The maximum Gasteiger partial charge on any atom is 0.274 e. The van der Waals surface area contributed by atoms with E-state index in [2.05, 4.69) is 37.7 Å². The van der Waals surface area contributed by atoms with Crippen LogP contribution in [-0.4, -0.2) is 33.3 Å². The van der Waals surface area contributed by atoms with Crippen molar-refractivity contribution in [3.05, 3.63) is 76.0 Å². The van der Waals surface area contributed by atoms with Gasteiger partial charge in [-0.15, -0.1) is 0 Å². The van der Waals surface area contributed by atoms with Gasteiger partial charge in [-0.2, -0.15) is 5.10 Å². The van der Waals surface area contributed by atoms with E-state index in [1.54, 1.807) is 4.68 Å². The summed E-state index contributed by atoms with van der Waals surface area (Å²) >= 11 is 6.19. The minimum absolute atomic E-state index is 0.0746. The lowest BCUT2D eigenvalue weighted by molar-refractivity contribution is 0.165. The number of halogens is 1. The van der Waals surface area contributed by atoms with Crippen molar-refractivity contribution in [2.45, 2.75) is 46.3 Å². The minimum atomic E-state index is -0.0746. The molecule has 0 unspecified atom stereocenters. The quantitative estimate of drug-likeness (QED) is 0.528. The van der Waals surface area contributed by atoms with E-state index in [1.165, 1.54) is 0 Å². The molecule has 0 N–H and O–H groups in total. The van der Waals surface area contributed by atoms with Crippen molar-refractivity contribution in [2.24, 2.45) is 0 Å². The molecule has 0 aliphatic carbocycles. The molecule has 152 valence electrons. The van der Waals surface area contributed by atoms with E-state index in [1.807, 2.05) is 60.7 Å². The summed E-state index contributed by atoms with van der Waals surface area (Å²) < 4.78 is 1.59. The lowest BCUT2D eigenvalue weighted by atomic mass is 10.0. The number of aromatic nitrogens is 2. The first-order valence-electron chi connectivity index (χ1n) is 10.1. The maximum absolute atomic E-state index is 13.2. The number of hydrogen-bond donors (Lipinski definition) is 0. The summed E-state index contributed by atoms with van der Waals surface area (Å²) in [4.78, 5) is 15.6. The second-order valence-electron chi connectivity index (χ2n) is 7.77. The highest BCUT2D eigenvalue weighted by Crippen LogP contribution is 2.24. The lowest BCUT2D eigenvalue weighted by Crippen LogP contribution is -2.41. The molecule has 0 atom stereocenters. The molecule has 4 nitrogen and oxygen atoms in total. The molecule has 0 radical (unpaired) electrons. The Morgan fingerprint density at radius 2 is 1.59 bits per heavy atom. The van der Waals surface area contributed by atoms with Gasteiger partial charge in [-0.25, -0.2) is 4.68 Å². The van der Waals surface area contributed by atoms with Crippen LogP contribution in [0.1, 0.15) is 27.7 Å². The van der Waals surface area contributed by atoms with Gasteiger partial charge in [-0.1, -0.05) is 54.1 Å². The first-order chi connectivity index (χ1) is 13.9. The Morgan fingerprint density at radius 1 is 0.931 bits per heavy atom. The van der Waals surface area contributed by atoms with Crippen LogP contribution in [0.25, 0.3) is 22.4 Å². The van der Waals surface area contributed by atoms with Crippen molar-refractivity contribution in [1.29, 1.82) is 0 Å². The normalized spacial score (nSPS) is 11.6. The third-order valence-electron chi connectivity index (χ3n) is 5.08. The molecule has 29 heavy (non-hydrogen) atoms. The first-order valence-corrected chi connectivity index (χ1v) is 10.4. The molecule has 1 aromatic heterocycles. The molecule has 5 heteroatoms. The fourth-order valence-corrected chi connectivity index (χ4v) is 3.82. The van der Waals surface area contributed by atoms with Gasteiger partial charge in [-0.05, 0) is 51.5 Å². The first kappa shape index (κ1) is 21.3. The van der Waals surface area contributed by atoms with Crippen molar-refractivity contribution in [3.8, 4) is 22.4 Å². The van der Waals surface area contributed by atoms with Gasteiger partial charge in [0.25, 0.3) is 5.56 Å². The molecule has 3 rings (SSSR count). The SMILES string of the molecule is CC(C)N(CCn1nc(-c2cccc(Cl)c2)cc(-c2ccccc2)c1=O)C(C)C. The fraction of sp³-hybridized carbons (Fsp3) is 0.333. The Morgan fingerprint density at radius 3 is 2.21 bits per heavy atom. The topological polar surface area (TPSA) is 38.1 Å². The summed E-state index contributed by atoms with van der Waals surface area (Å²) in [7, 11) is 0. The summed E-state index contributed by atoms with van der Waals surface area (Å²) in [6.45, 7) is 9.99. The Hall–Kier alpha value is -2.43. The Balaban J connectivity index is 2.07. The fourth-order valence-electron chi connectivity index (χ4n) is 3.63. The Bertz CT molecular complexity index is 1000. The molecule has 1 heterocycles. The highest BCUT2D eigenvalue weighted by Gasteiger charge is 2.16. The summed E-state index contributed by atoms with van der Waals surface area (Å²) in [5, 5.41) is 5.33. The van der Waals surface area contributed by atoms with Crippen LogP contribution in [0.4, 0.5) is 0 Å². The summed E-state index contributed by atoms with van der Waals surface area (Å²) in [5.74, 6) is 0. The van der Waals surface area contributed by atoms with Crippen LogP contribution < -0.4 is 5.56 Å². The van der Waals surface area contributed by atoms with Crippen molar-refractivity contribution in [1.82, 2.24) is 14.7 Å². The molecule has 0 amide bonds. The summed E-state index contributed by atoms with van der Waals surface area (Å²) in [6.07, 6.45) is 0. The number of rotatable bonds is 7. The van der Waals surface area contributed by atoms with Crippen LogP contribution in [0.2, 0.25) is 5.02 Å². The van der Waals surface area contributed by atoms with Crippen molar-refractivity contribution >= 4 is 11.6 Å². The monoisotopic (exact) mass is 409 g/mol. The molecule has 0 aliphatic rings. The van der Waals surface area contributed by atoms with E-state index in [9.17, 15) is 4.79 Å². The zero-order valence-corrected chi connectivity index (χ0v) is 18.2. The summed E-state index contributed by atoms with van der Waals surface area (Å²) in [5.41, 5.74) is 3.10. The van der Waals surface area contributed by atoms with E-state index in [0.29, 0.717) is 29.2 Å².